The molecule has 1 aliphatic carbocycles. The Bertz CT molecular complexity index is 947. The third-order valence-corrected chi connectivity index (χ3v) is 5.21. The van der Waals surface area contributed by atoms with Gasteiger partial charge in [0.1, 0.15) is 0 Å². The minimum atomic E-state index is -1.33. The summed E-state index contributed by atoms with van der Waals surface area (Å²) in [5.41, 5.74) is 2.67. The van der Waals surface area contributed by atoms with Gasteiger partial charge in [-0.1, -0.05) is 61.4 Å². The minimum absolute atomic E-state index is 0.160. The van der Waals surface area contributed by atoms with Crippen molar-refractivity contribution in [2.45, 2.75) is 31.7 Å². The summed E-state index contributed by atoms with van der Waals surface area (Å²) < 4.78 is 0. The normalized spacial score (nSPS) is 19.2. The third kappa shape index (κ3) is 3.58. The lowest BCUT2D eigenvalue weighted by Crippen LogP contribution is -2.45. The highest BCUT2D eigenvalue weighted by Gasteiger charge is 2.33. The molecule has 6 heteroatoms. The number of aliphatic imine (C=N–C) groups is 1. The van der Waals surface area contributed by atoms with Crippen LogP contribution in [0.5, 0.6) is 0 Å². The highest BCUT2D eigenvalue weighted by atomic mass is 16.2. The molecule has 0 bridgehead atoms. The number of nitrogens with zero attached hydrogens (tertiary/aromatic N) is 1. The van der Waals surface area contributed by atoms with Crippen LogP contribution in [0, 0.1) is 5.92 Å². The van der Waals surface area contributed by atoms with E-state index in [1.54, 1.807) is 6.07 Å². The molecule has 1 unspecified atom stereocenters. The Balaban J connectivity index is 1.68. The second-order valence-corrected chi connectivity index (χ2v) is 7.12. The molecule has 2 aromatic rings. The lowest BCUT2D eigenvalue weighted by molar-refractivity contribution is -0.135. The Morgan fingerprint density at radius 1 is 0.929 bits per heavy atom. The summed E-state index contributed by atoms with van der Waals surface area (Å²) in [6, 6.07) is 15.4. The number of rotatable bonds is 3. The second-order valence-electron chi connectivity index (χ2n) is 7.12. The monoisotopic (exact) mass is 375 g/mol. The molecule has 1 heterocycles. The van der Waals surface area contributed by atoms with Crippen LogP contribution in [0.3, 0.4) is 0 Å². The van der Waals surface area contributed by atoms with Crippen molar-refractivity contribution in [2.24, 2.45) is 10.9 Å². The van der Waals surface area contributed by atoms with Gasteiger partial charge in [-0.25, -0.2) is 0 Å². The molecule has 0 radical (unpaired) electrons. The van der Waals surface area contributed by atoms with E-state index in [2.05, 4.69) is 15.6 Å². The van der Waals surface area contributed by atoms with Gasteiger partial charge in [-0.3, -0.25) is 24.7 Å². The van der Waals surface area contributed by atoms with Gasteiger partial charge in [-0.05, 0) is 18.9 Å². The van der Waals surface area contributed by atoms with Crippen molar-refractivity contribution in [2.75, 3.05) is 5.32 Å². The number of carbonyl (C=O) groups is 3. The first-order valence-electron chi connectivity index (χ1n) is 9.51. The van der Waals surface area contributed by atoms with Gasteiger partial charge in [-0.15, -0.1) is 0 Å². The summed E-state index contributed by atoms with van der Waals surface area (Å²) in [4.78, 5) is 42.3. The predicted octanol–water partition coefficient (Wildman–Crippen LogP) is 2.68. The summed E-state index contributed by atoms with van der Waals surface area (Å²) in [5.74, 6) is -1.70. The Kier molecular flexibility index (Phi) is 5.02. The van der Waals surface area contributed by atoms with Crippen LogP contribution in [-0.4, -0.2) is 29.5 Å². The van der Waals surface area contributed by atoms with E-state index in [0.717, 1.165) is 36.8 Å². The molecule has 28 heavy (non-hydrogen) atoms. The van der Waals surface area contributed by atoms with E-state index in [0.29, 0.717) is 11.4 Å². The van der Waals surface area contributed by atoms with E-state index in [4.69, 9.17) is 0 Å². The number of hydrogen-bond acceptors (Lipinski definition) is 4. The number of benzodiazepines with no additional fused rings is 1. The van der Waals surface area contributed by atoms with Crippen LogP contribution in [-0.2, 0) is 14.4 Å². The molecule has 1 aliphatic heterocycles. The third-order valence-electron chi connectivity index (χ3n) is 5.21. The predicted molar refractivity (Wildman–Crippen MR) is 106 cm³/mol. The maximum Gasteiger partial charge on any atom is 0.261 e. The fraction of sp³-hybridized carbons (Fsp3) is 0.273. The van der Waals surface area contributed by atoms with Gasteiger partial charge in [0, 0.05) is 17.0 Å². The van der Waals surface area contributed by atoms with Gasteiger partial charge in [-0.2, -0.15) is 0 Å². The number of para-hydroxylation sites is 1. The topological polar surface area (TPSA) is 87.6 Å². The summed E-state index contributed by atoms with van der Waals surface area (Å²) in [7, 11) is 0. The Morgan fingerprint density at radius 2 is 1.61 bits per heavy atom. The lowest BCUT2D eigenvalue weighted by atomic mass is 10.0. The van der Waals surface area contributed by atoms with Crippen LogP contribution in [0.4, 0.5) is 5.69 Å². The number of imide groups is 1. The molecule has 2 N–H and O–H groups in total. The first kappa shape index (κ1) is 18.1. The van der Waals surface area contributed by atoms with E-state index >= 15 is 0 Å². The Labute approximate surface area is 163 Å². The molecule has 6 nitrogen and oxygen atoms in total. The number of carbonyl (C=O) groups excluding carboxylic acids is 3. The van der Waals surface area contributed by atoms with E-state index in [9.17, 15) is 14.4 Å². The highest BCUT2D eigenvalue weighted by Crippen LogP contribution is 2.26. The van der Waals surface area contributed by atoms with Crippen LogP contribution in [0.25, 0.3) is 0 Å². The van der Waals surface area contributed by atoms with Gasteiger partial charge >= 0.3 is 0 Å². The van der Waals surface area contributed by atoms with Crippen LogP contribution >= 0.6 is 0 Å². The maximum atomic E-state index is 12.8. The number of amides is 3. The van der Waals surface area contributed by atoms with Crippen molar-refractivity contribution < 1.29 is 14.4 Å². The van der Waals surface area contributed by atoms with Gasteiger partial charge in [0.2, 0.25) is 11.9 Å². The largest absolute Gasteiger partial charge is 0.323 e. The molecule has 0 saturated heterocycles. The molecule has 2 aromatic carbocycles. The van der Waals surface area contributed by atoms with E-state index in [-0.39, 0.29) is 11.8 Å². The molecule has 142 valence electrons. The average molecular weight is 375 g/mol. The van der Waals surface area contributed by atoms with Gasteiger partial charge in [0.05, 0.1) is 11.4 Å². The molecule has 0 spiro atoms. The van der Waals surface area contributed by atoms with Crippen LogP contribution in [0.2, 0.25) is 0 Å². The molecule has 4 rings (SSSR count). The van der Waals surface area contributed by atoms with Crippen molar-refractivity contribution in [3.63, 3.8) is 0 Å². The number of fused-ring (bicyclic) bond motifs is 1. The number of benzene rings is 2. The number of anilines is 1. The fourth-order valence-corrected chi connectivity index (χ4v) is 3.74. The van der Waals surface area contributed by atoms with Gasteiger partial charge in [0.15, 0.2) is 0 Å². The minimum Gasteiger partial charge on any atom is -0.323 e. The summed E-state index contributed by atoms with van der Waals surface area (Å²) in [6.07, 6.45) is 3.53. The van der Waals surface area contributed by atoms with E-state index in [1.165, 1.54) is 0 Å². The van der Waals surface area contributed by atoms with Crippen molar-refractivity contribution in [1.29, 1.82) is 0 Å². The summed E-state index contributed by atoms with van der Waals surface area (Å²) in [6.45, 7) is 0. The quantitative estimate of drug-likeness (QED) is 0.639. The van der Waals surface area contributed by atoms with Crippen molar-refractivity contribution in [1.82, 2.24) is 5.32 Å². The van der Waals surface area contributed by atoms with E-state index in [1.807, 2.05) is 48.5 Å². The zero-order valence-corrected chi connectivity index (χ0v) is 15.4. The summed E-state index contributed by atoms with van der Waals surface area (Å²) >= 11 is 0. The second kappa shape index (κ2) is 7.76. The fourth-order valence-electron chi connectivity index (χ4n) is 3.74. The standard InChI is InChI=1S/C22H21N3O3/c26-20(15-10-4-5-11-15)25-22(28)19-21(27)23-17-13-7-6-12-16(17)18(24-19)14-8-2-1-3-9-14/h1-3,6-9,12-13,15,19H,4-5,10-11H2,(H,23,27)(H,25,26,28). The first-order chi connectivity index (χ1) is 13.6. The Morgan fingerprint density at radius 3 is 2.36 bits per heavy atom. The zero-order chi connectivity index (χ0) is 19.5. The first-order valence-corrected chi connectivity index (χ1v) is 9.51. The lowest BCUT2D eigenvalue weighted by Gasteiger charge is -2.13. The SMILES string of the molecule is O=C(NC(=O)C1N=C(c2ccccc2)c2ccccc2NC1=O)C1CCCC1. The van der Waals surface area contributed by atoms with Crippen LogP contribution in [0.1, 0.15) is 36.8 Å². The molecule has 1 saturated carbocycles. The van der Waals surface area contributed by atoms with Gasteiger partial charge in [0.25, 0.3) is 11.8 Å². The average Bonchev–Trinajstić information content (AvgIpc) is 3.20. The Hall–Kier alpha value is -3.28. The van der Waals surface area contributed by atoms with Crippen LogP contribution in [0.15, 0.2) is 59.6 Å². The molecular formula is C22H21N3O3. The summed E-state index contributed by atoms with van der Waals surface area (Å²) in [5, 5.41) is 5.17. The molecular weight excluding hydrogens is 354 g/mol. The maximum absolute atomic E-state index is 12.8. The van der Waals surface area contributed by atoms with Crippen molar-refractivity contribution >= 4 is 29.1 Å². The van der Waals surface area contributed by atoms with Gasteiger partial charge < -0.3 is 5.32 Å². The van der Waals surface area contributed by atoms with Crippen LogP contribution < -0.4 is 10.6 Å². The number of hydrogen-bond donors (Lipinski definition) is 2. The highest BCUT2D eigenvalue weighted by molar-refractivity contribution is 6.24. The molecule has 0 aromatic heterocycles. The van der Waals surface area contributed by atoms with Crippen molar-refractivity contribution in [3.05, 3.63) is 65.7 Å². The molecule has 3 amide bonds. The number of nitrogens with one attached hydrogen (secondary N) is 2. The molecule has 1 atom stereocenters. The molecule has 2 aliphatic rings. The van der Waals surface area contributed by atoms with Crippen molar-refractivity contribution in [3.8, 4) is 0 Å². The smallest absolute Gasteiger partial charge is 0.261 e. The molecule has 1 fully saturated rings. The zero-order valence-electron chi connectivity index (χ0n) is 15.4. The van der Waals surface area contributed by atoms with E-state index < -0.39 is 17.9 Å².